The second-order valence-electron chi connectivity index (χ2n) is 4.21. The summed E-state index contributed by atoms with van der Waals surface area (Å²) in [5, 5.41) is 0. The van der Waals surface area contributed by atoms with Gasteiger partial charge in [0.1, 0.15) is 0 Å². The zero-order valence-electron chi connectivity index (χ0n) is 11.2. The molecule has 0 saturated carbocycles. The lowest BCUT2D eigenvalue weighted by Gasteiger charge is -2.06. The highest BCUT2D eigenvalue weighted by atomic mass is 14.1. The van der Waals surface area contributed by atoms with Crippen LogP contribution >= 0.6 is 0 Å². The molecule has 0 spiro atoms. The maximum atomic E-state index is 3.76. The van der Waals surface area contributed by atoms with Gasteiger partial charge in [0.15, 0.2) is 0 Å². The molecule has 0 aromatic rings. The number of hydrogen-bond acceptors (Lipinski definition) is 0. The van der Waals surface area contributed by atoms with Gasteiger partial charge in [-0.05, 0) is 56.1 Å². The topological polar surface area (TPSA) is 0 Å². The van der Waals surface area contributed by atoms with Gasteiger partial charge in [0.05, 0.1) is 0 Å². The summed E-state index contributed by atoms with van der Waals surface area (Å²) >= 11 is 0. The zero-order valence-corrected chi connectivity index (χ0v) is 11.2. The molecule has 0 aromatic carbocycles. The van der Waals surface area contributed by atoms with Crippen LogP contribution in [-0.2, 0) is 0 Å². The van der Waals surface area contributed by atoms with Crippen molar-refractivity contribution in [3.8, 4) is 0 Å². The molecule has 0 aliphatic heterocycles. The smallest absolute Gasteiger partial charge is 0.0266 e. The summed E-state index contributed by atoms with van der Waals surface area (Å²) in [6.45, 7) is 12.2. The molecule has 0 heterocycles. The molecule has 0 aromatic heterocycles. The van der Waals surface area contributed by atoms with Crippen molar-refractivity contribution in [2.45, 2.75) is 27.7 Å². The van der Waals surface area contributed by atoms with Gasteiger partial charge in [-0.25, -0.2) is 0 Å². The fourth-order valence-corrected chi connectivity index (χ4v) is 1.76. The van der Waals surface area contributed by atoms with E-state index >= 15 is 0 Å². The monoisotopic (exact) mass is 224 g/mol. The van der Waals surface area contributed by atoms with Gasteiger partial charge in [-0.3, -0.25) is 0 Å². The van der Waals surface area contributed by atoms with E-state index in [0.29, 0.717) is 0 Å². The molecule has 0 radical (unpaired) electrons. The normalized spacial score (nSPS) is 17.1. The van der Waals surface area contributed by atoms with Crippen LogP contribution in [0.15, 0.2) is 76.6 Å². The van der Waals surface area contributed by atoms with Crippen LogP contribution in [0.1, 0.15) is 27.7 Å². The van der Waals surface area contributed by atoms with Crippen LogP contribution in [0.25, 0.3) is 0 Å². The maximum Gasteiger partial charge on any atom is 0.0266 e. The minimum atomic E-state index is 1.14. The Balaban J connectivity index is 3.33. The van der Waals surface area contributed by atoms with Crippen molar-refractivity contribution in [2.75, 3.05) is 0 Å². The molecule has 0 amide bonds. The third-order valence-electron chi connectivity index (χ3n) is 2.81. The standard InChI is InChI=1S/C17H20/c1-6-8-16(9-7-2)17-11-10-13(3)14(4)12-15(17)5/h6-10,12H,1H2,2-5H3. The average Bonchev–Trinajstić information content (AvgIpc) is 2.40. The first-order valence-corrected chi connectivity index (χ1v) is 5.88. The van der Waals surface area contributed by atoms with Crippen molar-refractivity contribution in [3.05, 3.63) is 76.6 Å². The van der Waals surface area contributed by atoms with E-state index in [4.69, 9.17) is 0 Å². The fraction of sp³-hybridized carbons (Fsp3) is 0.235. The predicted molar refractivity (Wildman–Crippen MR) is 76.8 cm³/mol. The minimum absolute atomic E-state index is 1.14. The van der Waals surface area contributed by atoms with Crippen LogP contribution < -0.4 is 0 Å². The lowest BCUT2D eigenvalue weighted by Crippen LogP contribution is -1.88. The molecule has 1 aliphatic carbocycles. The van der Waals surface area contributed by atoms with Crippen molar-refractivity contribution < 1.29 is 0 Å². The zero-order chi connectivity index (χ0) is 12.8. The molecule has 88 valence electrons. The van der Waals surface area contributed by atoms with Gasteiger partial charge >= 0.3 is 0 Å². The highest BCUT2D eigenvalue weighted by Gasteiger charge is 2.06. The minimum Gasteiger partial charge on any atom is -0.112 e. The lowest BCUT2D eigenvalue weighted by atomic mass is 9.98. The van der Waals surface area contributed by atoms with Gasteiger partial charge in [-0.2, -0.15) is 0 Å². The van der Waals surface area contributed by atoms with E-state index in [-0.39, 0.29) is 0 Å². The van der Waals surface area contributed by atoms with E-state index in [9.17, 15) is 0 Å². The molecule has 17 heavy (non-hydrogen) atoms. The number of rotatable bonds is 3. The molecule has 1 aliphatic rings. The first-order chi connectivity index (χ1) is 8.10. The summed E-state index contributed by atoms with van der Waals surface area (Å²) in [7, 11) is 0. The van der Waals surface area contributed by atoms with E-state index < -0.39 is 0 Å². The maximum absolute atomic E-state index is 3.76. The second-order valence-corrected chi connectivity index (χ2v) is 4.21. The Labute approximate surface area is 105 Å². The van der Waals surface area contributed by atoms with Crippen LogP contribution in [0.4, 0.5) is 0 Å². The first-order valence-electron chi connectivity index (χ1n) is 5.88. The summed E-state index contributed by atoms with van der Waals surface area (Å²) < 4.78 is 0. The van der Waals surface area contributed by atoms with Crippen molar-refractivity contribution in [3.63, 3.8) is 0 Å². The summed E-state index contributed by atoms with van der Waals surface area (Å²) in [4.78, 5) is 0. The largest absolute Gasteiger partial charge is 0.112 e. The molecule has 0 bridgehead atoms. The third-order valence-corrected chi connectivity index (χ3v) is 2.81. The van der Waals surface area contributed by atoms with Crippen LogP contribution in [0.5, 0.6) is 0 Å². The molecular weight excluding hydrogens is 204 g/mol. The van der Waals surface area contributed by atoms with Gasteiger partial charge < -0.3 is 0 Å². The highest BCUT2D eigenvalue weighted by molar-refractivity contribution is 5.55. The van der Waals surface area contributed by atoms with Crippen molar-refractivity contribution in [1.29, 1.82) is 0 Å². The fourth-order valence-electron chi connectivity index (χ4n) is 1.76. The Morgan fingerprint density at radius 3 is 2.53 bits per heavy atom. The molecule has 0 nitrogen and oxygen atoms in total. The quantitative estimate of drug-likeness (QED) is 0.464. The SMILES string of the molecule is C=CC=C(C=CC)C1=C=CC(C)=C(C)C=C1C. The van der Waals surface area contributed by atoms with Crippen LogP contribution in [-0.4, -0.2) is 0 Å². The highest BCUT2D eigenvalue weighted by Crippen LogP contribution is 2.24. The van der Waals surface area contributed by atoms with E-state index in [1.165, 1.54) is 16.7 Å². The Morgan fingerprint density at radius 2 is 1.94 bits per heavy atom. The molecule has 1 rings (SSSR count). The third kappa shape index (κ3) is 3.34. The summed E-state index contributed by atoms with van der Waals surface area (Å²) in [5.41, 5.74) is 9.46. The predicted octanol–water partition coefficient (Wildman–Crippen LogP) is 5.05. The van der Waals surface area contributed by atoms with Crippen molar-refractivity contribution >= 4 is 0 Å². The Morgan fingerprint density at radius 1 is 1.24 bits per heavy atom. The van der Waals surface area contributed by atoms with Gasteiger partial charge in [-0.1, -0.05) is 37.0 Å². The summed E-state index contributed by atoms with van der Waals surface area (Å²) in [6.07, 6.45) is 12.2. The lowest BCUT2D eigenvalue weighted by molar-refractivity contribution is 1.33. The van der Waals surface area contributed by atoms with Gasteiger partial charge in [-0.15, -0.1) is 5.73 Å². The van der Waals surface area contributed by atoms with Gasteiger partial charge in [0.2, 0.25) is 0 Å². The molecule has 0 heteroatoms. The van der Waals surface area contributed by atoms with E-state index in [0.717, 1.165) is 11.1 Å². The van der Waals surface area contributed by atoms with Crippen LogP contribution in [0.2, 0.25) is 0 Å². The summed E-state index contributed by atoms with van der Waals surface area (Å²) in [5.74, 6) is 0. The Kier molecular flexibility index (Phi) is 4.75. The molecule has 0 fully saturated rings. The van der Waals surface area contributed by atoms with E-state index in [1.54, 1.807) is 0 Å². The van der Waals surface area contributed by atoms with E-state index in [1.807, 2.05) is 25.2 Å². The van der Waals surface area contributed by atoms with Gasteiger partial charge in [0, 0.05) is 5.57 Å². The Hall–Kier alpha value is -1.78. The molecule has 0 unspecified atom stereocenters. The molecular formula is C17H20. The number of allylic oxidation sites excluding steroid dienone is 10. The second kappa shape index (κ2) is 6.08. The van der Waals surface area contributed by atoms with Crippen molar-refractivity contribution in [2.24, 2.45) is 0 Å². The average molecular weight is 224 g/mol. The first kappa shape index (κ1) is 13.3. The van der Waals surface area contributed by atoms with Crippen LogP contribution in [0, 0.1) is 0 Å². The molecule has 0 saturated heterocycles. The Bertz CT molecular complexity index is 496. The van der Waals surface area contributed by atoms with E-state index in [2.05, 4.69) is 51.3 Å². The molecule has 0 atom stereocenters. The van der Waals surface area contributed by atoms with Crippen molar-refractivity contribution in [1.82, 2.24) is 0 Å². The summed E-state index contributed by atoms with van der Waals surface area (Å²) in [6, 6.07) is 0. The van der Waals surface area contributed by atoms with Gasteiger partial charge in [0.25, 0.3) is 0 Å². The number of hydrogen-bond donors (Lipinski definition) is 0. The van der Waals surface area contributed by atoms with Crippen LogP contribution in [0.3, 0.4) is 0 Å². The molecule has 0 N–H and O–H groups in total.